The maximum atomic E-state index is 5.41. The third-order valence-electron chi connectivity index (χ3n) is 4.55. The van der Waals surface area contributed by atoms with Crippen molar-refractivity contribution in [3.63, 3.8) is 0 Å². The summed E-state index contributed by atoms with van der Waals surface area (Å²) in [6, 6.07) is 0. The summed E-state index contributed by atoms with van der Waals surface area (Å²) >= 11 is 0. The molecule has 0 bridgehead atoms. The van der Waals surface area contributed by atoms with E-state index in [2.05, 4.69) is 24.1 Å². The van der Waals surface area contributed by atoms with Crippen LogP contribution in [0.4, 0.5) is 5.95 Å². The SMILES string of the molecule is CCNCC1CCc2nc(N3CCOCC3)nc(C)c2C1. The third kappa shape index (κ3) is 3.35. The first-order valence-electron chi connectivity index (χ1n) is 8.17. The Balaban J connectivity index is 1.76. The molecule has 1 saturated heterocycles. The highest BCUT2D eigenvalue weighted by molar-refractivity contribution is 5.38. The van der Waals surface area contributed by atoms with Gasteiger partial charge in [0.15, 0.2) is 0 Å². The summed E-state index contributed by atoms with van der Waals surface area (Å²) in [5.74, 6) is 1.63. The van der Waals surface area contributed by atoms with Crippen LogP contribution < -0.4 is 10.2 Å². The van der Waals surface area contributed by atoms with E-state index in [0.717, 1.165) is 64.1 Å². The average Bonchev–Trinajstić information content (AvgIpc) is 2.54. The summed E-state index contributed by atoms with van der Waals surface area (Å²) in [5, 5.41) is 3.47. The monoisotopic (exact) mass is 290 g/mol. The number of morpholine rings is 1. The molecule has 5 nitrogen and oxygen atoms in total. The van der Waals surface area contributed by atoms with Crippen LogP contribution >= 0.6 is 0 Å². The van der Waals surface area contributed by atoms with Crippen LogP contribution in [0, 0.1) is 12.8 Å². The van der Waals surface area contributed by atoms with E-state index in [1.807, 2.05) is 0 Å². The molecule has 0 saturated carbocycles. The zero-order valence-electron chi connectivity index (χ0n) is 13.2. The van der Waals surface area contributed by atoms with Crippen molar-refractivity contribution >= 4 is 5.95 Å². The Morgan fingerprint density at radius 1 is 1.29 bits per heavy atom. The number of aryl methyl sites for hydroxylation is 2. The lowest BCUT2D eigenvalue weighted by molar-refractivity contribution is 0.122. The molecule has 2 heterocycles. The van der Waals surface area contributed by atoms with E-state index in [9.17, 15) is 0 Å². The van der Waals surface area contributed by atoms with E-state index < -0.39 is 0 Å². The van der Waals surface area contributed by atoms with Gasteiger partial charge in [0.05, 0.1) is 13.2 Å². The molecule has 1 aromatic rings. The van der Waals surface area contributed by atoms with E-state index in [4.69, 9.17) is 14.7 Å². The van der Waals surface area contributed by atoms with E-state index in [0.29, 0.717) is 0 Å². The highest BCUT2D eigenvalue weighted by atomic mass is 16.5. The molecule has 0 spiro atoms. The minimum absolute atomic E-state index is 0.731. The fraction of sp³-hybridized carbons (Fsp3) is 0.750. The minimum atomic E-state index is 0.731. The largest absolute Gasteiger partial charge is 0.378 e. The lowest BCUT2D eigenvalue weighted by Gasteiger charge is -2.30. The van der Waals surface area contributed by atoms with Gasteiger partial charge >= 0.3 is 0 Å². The van der Waals surface area contributed by atoms with Gasteiger partial charge in [0, 0.05) is 24.5 Å². The van der Waals surface area contributed by atoms with Crippen molar-refractivity contribution in [3.05, 3.63) is 17.0 Å². The van der Waals surface area contributed by atoms with Gasteiger partial charge in [0.1, 0.15) is 0 Å². The van der Waals surface area contributed by atoms with Gasteiger partial charge in [-0.05, 0) is 50.8 Å². The fourth-order valence-electron chi connectivity index (χ4n) is 3.27. The summed E-state index contributed by atoms with van der Waals surface area (Å²) in [6.07, 6.45) is 3.45. The van der Waals surface area contributed by atoms with Crippen molar-refractivity contribution < 1.29 is 4.74 Å². The Bertz CT molecular complexity index is 485. The molecule has 1 aliphatic heterocycles. The molecule has 3 rings (SSSR count). The molecule has 0 radical (unpaired) electrons. The van der Waals surface area contributed by atoms with Crippen molar-refractivity contribution in [2.75, 3.05) is 44.3 Å². The van der Waals surface area contributed by atoms with Crippen LogP contribution in [0.5, 0.6) is 0 Å². The van der Waals surface area contributed by atoms with Gasteiger partial charge in [-0.2, -0.15) is 0 Å². The fourth-order valence-corrected chi connectivity index (χ4v) is 3.27. The highest BCUT2D eigenvalue weighted by Crippen LogP contribution is 2.27. The quantitative estimate of drug-likeness (QED) is 0.907. The summed E-state index contributed by atoms with van der Waals surface area (Å²) in [5.41, 5.74) is 3.83. The molecule has 1 unspecified atom stereocenters. The third-order valence-corrected chi connectivity index (χ3v) is 4.55. The number of aromatic nitrogens is 2. The maximum Gasteiger partial charge on any atom is 0.225 e. The Hall–Kier alpha value is -1.20. The van der Waals surface area contributed by atoms with Gasteiger partial charge in [-0.15, -0.1) is 0 Å². The Morgan fingerprint density at radius 2 is 2.10 bits per heavy atom. The lowest BCUT2D eigenvalue weighted by atomic mass is 9.86. The molecule has 5 heteroatoms. The van der Waals surface area contributed by atoms with Crippen LogP contribution in [0.1, 0.15) is 30.3 Å². The number of hydrogen-bond donors (Lipinski definition) is 1. The molecule has 21 heavy (non-hydrogen) atoms. The van der Waals surface area contributed by atoms with Crippen LogP contribution in [-0.4, -0.2) is 49.4 Å². The molecular weight excluding hydrogens is 264 g/mol. The predicted molar refractivity (Wildman–Crippen MR) is 83.9 cm³/mol. The second-order valence-corrected chi connectivity index (χ2v) is 6.05. The molecule has 1 N–H and O–H groups in total. The maximum absolute atomic E-state index is 5.41. The van der Waals surface area contributed by atoms with Gasteiger partial charge in [-0.3, -0.25) is 0 Å². The Morgan fingerprint density at radius 3 is 2.86 bits per heavy atom. The van der Waals surface area contributed by atoms with Crippen LogP contribution in [0.2, 0.25) is 0 Å². The van der Waals surface area contributed by atoms with Crippen molar-refractivity contribution in [2.24, 2.45) is 5.92 Å². The highest BCUT2D eigenvalue weighted by Gasteiger charge is 2.24. The lowest BCUT2D eigenvalue weighted by Crippen LogP contribution is -2.38. The van der Waals surface area contributed by atoms with Crippen LogP contribution in [0.3, 0.4) is 0 Å². The molecule has 2 aliphatic rings. The molecular formula is C16H26N4O. The summed E-state index contributed by atoms with van der Waals surface area (Å²) in [4.78, 5) is 11.9. The predicted octanol–water partition coefficient (Wildman–Crippen LogP) is 1.34. The van der Waals surface area contributed by atoms with Crippen molar-refractivity contribution in [3.8, 4) is 0 Å². The Kier molecular flexibility index (Phi) is 4.70. The number of nitrogens with one attached hydrogen (secondary N) is 1. The van der Waals surface area contributed by atoms with E-state index >= 15 is 0 Å². The topological polar surface area (TPSA) is 50.3 Å². The normalized spacial score (nSPS) is 22.2. The number of fused-ring (bicyclic) bond motifs is 1. The molecule has 1 aromatic heterocycles. The number of hydrogen-bond acceptors (Lipinski definition) is 5. The summed E-state index contributed by atoms with van der Waals surface area (Å²) in [7, 11) is 0. The minimum Gasteiger partial charge on any atom is -0.378 e. The standard InChI is InChI=1S/C16H26N4O/c1-3-17-11-13-4-5-15-14(10-13)12(2)18-16(19-15)20-6-8-21-9-7-20/h13,17H,3-11H2,1-2H3. The number of rotatable bonds is 4. The summed E-state index contributed by atoms with van der Waals surface area (Å²) < 4.78 is 5.41. The number of anilines is 1. The summed E-state index contributed by atoms with van der Waals surface area (Å²) in [6.45, 7) is 9.84. The smallest absolute Gasteiger partial charge is 0.225 e. The molecule has 1 atom stereocenters. The molecule has 0 aromatic carbocycles. The average molecular weight is 290 g/mol. The zero-order chi connectivity index (χ0) is 14.7. The van der Waals surface area contributed by atoms with Gasteiger partial charge in [0.25, 0.3) is 0 Å². The molecule has 0 amide bonds. The Labute approximate surface area is 127 Å². The van der Waals surface area contributed by atoms with Crippen molar-refractivity contribution in [1.82, 2.24) is 15.3 Å². The van der Waals surface area contributed by atoms with Crippen LogP contribution in [0.25, 0.3) is 0 Å². The first-order valence-corrected chi connectivity index (χ1v) is 8.17. The van der Waals surface area contributed by atoms with Gasteiger partial charge in [-0.1, -0.05) is 6.92 Å². The van der Waals surface area contributed by atoms with E-state index in [-0.39, 0.29) is 0 Å². The first kappa shape index (κ1) is 14.7. The molecule has 1 fully saturated rings. The zero-order valence-corrected chi connectivity index (χ0v) is 13.2. The van der Waals surface area contributed by atoms with Gasteiger partial charge < -0.3 is 15.0 Å². The van der Waals surface area contributed by atoms with Gasteiger partial charge in [-0.25, -0.2) is 9.97 Å². The van der Waals surface area contributed by atoms with Gasteiger partial charge in [0.2, 0.25) is 5.95 Å². The number of nitrogens with zero attached hydrogens (tertiary/aromatic N) is 3. The second-order valence-electron chi connectivity index (χ2n) is 6.05. The molecule has 1 aliphatic carbocycles. The van der Waals surface area contributed by atoms with E-state index in [1.54, 1.807) is 0 Å². The van der Waals surface area contributed by atoms with E-state index in [1.165, 1.54) is 23.4 Å². The van der Waals surface area contributed by atoms with Crippen molar-refractivity contribution in [2.45, 2.75) is 33.1 Å². The van der Waals surface area contributed by atoms with Crippen molar-refractivity contribution in [1.29, 1.82) is 0 Å². The van der Waals surface area contributed by atoms with Crippen LogP contribution in [-0.2, 0) is 17.6 Å². The first-order chi connectivity index (χ1) is 10.3. The number of ether oxygens (including phenoxy) is 1. The molecule has 116 valence electrons. The van der Waals surface area contributed by atoms with Crippen LogP contribution in [0.15, 0.2) is 0 Å². The second kappa shape index (κ2) is 6.71.